The van der Waals surface area contributed by atoms with Crippen LogP contribution >= 0.6 is 0 Å². The van der Waals surface area contributed by atoms with Crippen molar-refractivity contribution in [1.29, 1.82) is 0 Å². The van der Waals surface area contributed by atoms with Gasteiger partial charge in [-0.25, -0.2) is 52.7 Å². The Bertz CT molecular complexity index is 4260. The van der Waals surface area contributed by atoms with Crippen LogP contribution in [0.25, 0.3) is 99.4 Å². The molecule has 2 aliphatic rings. The first-order chi connectivity index (χ1) is 42.7. The molecule has 1 spiro atoms. The fourth-order valence-electron chi connectivity index (χ4n) is 13.2. The predicted molar refractivity (Wildman–Crippen MR) is 332 cm³/mol. The molecule has 0 radical (unpaired) electrons. The molecule has 2 heterocycles. The summed E-state index contributed by atoms with van der Waals surface area (Å²) >= 11 is 0. The van der Waals surface area contributed by atoms with Gasteiger partial charge in [0.1, 0.15) is 13.1 Å². The molecule has 0 saturated carbocycles. The molecule has 2 aliphatic heterocycles. The number of benzene rings is 11. The van der Waals surface area contributed by atoms with Gasteiger partial charge in [-0.3, -0.25) is 0 Å². The summed E-state index contributed by atoms with van der Waals surface area (Å²) in [5, 5.41) is 3.07. The van der Waals surface area contributed by atoms with E-state index in [-0.39, 0.29) is 55.3 Å². The van der Waals surface area contributed by atoms with E-state index in [9.17, 15) is 17.6 Å². The molecular formula is C76H57F12N2+. The Morgan fingerprint density at radius 3 is 0.900 bits per heavy atom. The highest BCUT2D eigenvalue weighted by Gasteiger charge is 2.41. The van der Waals surface area contributed by atoms with Crippen molar-refractivity contribution < 1.29 is 57.2 Å². The Morgan fingerprint density at radius 2 is 0.600 bits per heavy atom. The van der Waals surface area contributed by atoms with Crippen LogP contribution in [0.4, 0.5) is 58.4 Å². The molecule has 454 valence electrons. The van der Waals surface area contributed by atoms with Crippen LogP contribution in [0.5, 0.6) is 0 Å². The zero-order valence-electron chi connectivity index (χ0n) is 49.8. The maximum Gasteiger partial charge on any atom is 0.194 e. The second kappa shape index (κ2) is 22.1. The fourth-order valence-corrected chi connectivity index (χ4v) is 13.2. The van der Waals surface area contributed by atoms with Gasteiger partial charge in [0, 0.05) is 27.9 Å². The first-order valence-corrected chi connectivity index (χ1v) is 29.5. The second-order valence-electron chi connectivity index (χ2n) is 26.0. The summed E-state index contributed by atoms with van der Waals surface area (Å²) in [6.07, 6.45) is 0. The zero-order valence-corrected chi connectivity index (χ0v) is 49.8. The normalized spacial score (nSPS) is 14.1. The van der Waals surface area contributed by atoms with Gasteiger partial charge in [-0.15, -0.1) is 0 Å². The maximum atomic E-state index is 15.3. The quantitative estimate of drug-likeness (QED) is 0.0873. The smallest absolute Gasteiger partial charge is 0.194 e. The van der Waals surface area contributed by atoms with Gasteiger partial charge < -0.3 is 9.38 Å². The van der Waals surface area contributed by atoms with Gasteiger partial charge in [-0.05, 0) is 219 Å². The van der Waals surface area contributed by atoms with Crippen LogP contribution < -0.4 is 4.90 Å². The minimum Gasteiger partial charge on any atom is -0.360 e. The van der Waals surface area contributed by atoms with Crippen LogP contribution in [-0.4, -0.2) is 30.7 Å². The molecule has 0 N–H and O–H groups in total. The molecule has 0 aliphatic carbocycles. The van der Waals surface area contributed by atoms with Crippen molar-refractivity contribution in [3.63, 3.8) is 0 Å². The van der Waals surface area contributed by atoms with Crippen LogP contribution in [0.2, 0.25) is 0 Å². The molecule has 1 fully saturated rings. The van der Waals surface area contributed by atoms with E-state index in [1.165, 1.54) is 23.3 Å². The van der Waals surface area contributed by atoms with Crippen molar-refractivity contribution in [2.45, 2.75) is 65.5 Å². The fraction of sp³-hybridized carbons (Fsp3) is 0.184. The molecule has 0 aromatic heterocycles. The summed E-state index contributed by atoms with van der Waals surface area (Å²) in [4.78, 5) is 2.39. The van der Waals surface area contributed by atoms with Crippen molar-refractivity contribution in [1.82, 2.24) is 0 Å². The van der Waals surface area contributed by atoms with Crippen molar-refractivity contribution in [3.8, 4) is 77.9 Å². The summed E-state index contributed by atoms with van der Waals surface area (Å²) in [7, 11) is 0. The highest BCUT2D eigenvalue weighted by Crippen LogP contribution is 2.52. The highest BCUT2D eigenvalue weighted by molar-refractivity contribution is 6.12. The molecule has 13 rings (SSSR count). The lowest BCUT2D eigenvalue weighted by molar-refractivity contribution is -0.953. The molecule has 0 atom stereocenters. The van der Waals surface area contributed by atoms with E-state index in [1.54, 1.807) is 24.3 Å². The number of rotatable bonds is 7. The Balaban J connectivity index is 1.12. The summed E-state index contributed by atoms with van der Waals surface area (Å²) in [5.74, 6) is -18.6. The Kier molecular flexibility index (Phi) is 14.7. The number of nitrogens with zero attached hydrogens (tertiary/aromatic N) is 2. The number of fused-ring (bicyclic) bond motifs is 7. The molecule has 0 amide bonds. The first-order valence-electron chi connectivity index (χ1n) is 29.5. The van der Waals surface area contributed by atoms with E-state index < -0.39 is 69.8 Å². The Morgan fingerprint density at radius 1 is 0.322 bits per heavy atom. The highest BCUT2D eigenvalue weighted by atomic mass is 19.2. The predicted octanol–water partition coefficient (Wildman–Crippen LogP) is 21.3. The van der Waals surface area contributed by atoms with Gasteiger partial charge in [0.05, 0.1) is 26.2 Å². The molecule has 11 aromatic rings. The number of piperazine rings is 1. The molecule has 14 heteroatoms. The van der Waals surface area contributed by atoms with Crippen molar-refractivity contribution >= 4 is 27.2 Å². The number of quaternary nitrogens is 1. The second-order valence-corrected chi connectivity index (χ2v) is 26.0. The van der Waals surface area contributed by atoms with Crippen LogP contribution in [0.1, 0.15) is 63.8 Å². The van der Waals surface area contributed by atoms with Gasteiger partial charge in [-0.2, -0.15) is 0 Å². The molecule has 11 aromatic carbocycles. The summed E-state index contributed by atoms with van der Waals surface area (Å²) in [6.45, 7) is 15.9. The Hall–Kier alpha value is -9.14. The summed E-state index contributed by atoms with van der Waals surface area (Å²) in [6, 6.07) is 42.3. The van der Waals surface area contributed by atoms with Crippen LogP contribution in [-0.2, 0) is 23.9 Å². The van der Waals surface area contributed by atoms with Gasteiger partial charge in [-0.1, -0.05) is 96.1 Å². The summed E-state index contributed by atoms with van der Waals surface area (Å²) in [5.41, 5.74) is 8.33. The largest absolute Gasteiger partial charge is 0.360 e. The zero-order chi connectivity index (χ0) is 63.6. The number of halogens is 12. The molecule has 1 saturated heterocycles. The van der Waals surface area contributed by atoms with Crippen molar-refractivity contribution in [3.05, 3.63) is 256 Å². The van der Waals surface area contributed by atoms with E-state index in [2.05, 4.69) is 64.6 Å². The Labute approximate surface area is 512 Å². The minimum atomic E-state index is -1.70. The molecule has 0 unspecified atom stereocenters. The third-order valence-electron chi connectivity index (χ3n) is 18.0. The van der Waals surface area contributed by atoms with Crippen molar-refractivity contribution in [2.75, 3.05) is 31.1 Å². The summed E-state index contributed by atoms with van der Waals surface area (Å²) < 4.78 is 182. The lowest BCUT2D eigenvalue weighted by atomic mass is 9.80. The number of hydrogen-bond acceptors (Lipinski definition) is 1. The average Bonchev–Trinajstić information content (AvgIpc) is 1.43. The average molecular weight is 1230 g/mol. The SMILES string of the molecule is CC(C)(C)c1cc(N2CC[N+]3(CC2)Cc2c(-c4cc(-c5cc(F)c(F)c(F)c5)cc(-c5cc(F)c(F)c(F)c5)c4)cc4ccccc4c2-c2c(c(-c4cc(-c5cc(F)c(F)c(F)c5)cc(-c5cc(F)c(F)c(F)c5)c4)cc4ccccc24)C3)cc(C(C)(C)C)c1. The lowest BCUT2D eigenvalue weighted by Crippen LogP contribution is -2.58. The van der Waals surface area contributed by atoms with Gasteiger partial charge in [0.25, 0.3) is 0 Å². The van der Waals surface area contributed by atoms with Crippen LogP contribution in [0, 0.1) is 69.8 Å². The maximum absolute atomic E-state index is 15.3. The molecule has 2 nitrogen and oxygen atoms in total. The van der Waals surface area contributed by atoms with Crippen LogP contribution in [0.15, 0.2) is 164 Å². The molecular weight excluding hydrogens is 1170 g/mol. The third-order valence-corrected chi connectivity index (χ3v) is 18.0. The number of anilines is 1. The number of hydrogen-bond donors (Lipinski definition) is 0. The van der Waals surface area contributed by atoms with E-state index >= 15 is 35.1 Å². The van der Waals surface area contributed by atoms with Gasteiger partial charge >= 0.3 is 0 Å². The standard InChI is InChI=1S/C76H57F12N2/c1-75(2,3)52-35-53(76(4,5)6)37-54(36-52)89-15-17-90(18-16-89)38-59-57(50-21-42(46-27-61(77)71(85)62(78)28-46)19-43(22-50)47-29-63(79)72(86)64(80)30-47)25-40-11-7-9-13-55(40)69(59)70-56-14-10-8-12-41(56)26-58(60(70)39-90)51-23-44(48-31-65(81)73(87)66(82)32-48)20-45(24-51)49-33-67(83)74(88)68(84)34-49/h7-14,19-37H,15-18,38-39H2,1-6H3/q+1. The van der Waals surface area contributed by atoms with E-state index in [1.807, 2.05) is 60.7 Å². The molecule has 90 heavy (non-hydrogen) atoms. The monoisotopic (exact) mass is 1230 g/mol. The van der Waals surface area contributed by atoms with E-state index in [0.717, 1.165) is 98.0 Å². The minimum absolute atomic E-state index is 0.103. The lowest BCUT2D eigenvalue weighted by Gasteiger charge is -2.46. The van der Waals surface area contributed by atoms with E-state index in [4.69, 9.17) is 0 Å². The molecule has 0 bridgehead atoms. The van der Waals surface area contributed by atoms with Crippen molar-refractivity contribution in [2.24, 2.45) is 0 Å². The van der Waals surface area contributed by atoms with Gasteiger partial charge in [0.2, 0.25) is 0 Å². The first kappa shape index (κ1) is 59.8. The van der Waals surface area contributed by atoms with Gasteiger partial charge in [0.15, 0.2) is 69.8 Å². The third kappa shape index (κ3) is 10.8. The van der Waals surface area contributed by atoms with Crippen LogP contribution in [0.3, 0.4) is 0 Å². The topological polar surface area (TPSA) is 3.24 Å². The van der Waals surface area contributed by atoms with E-state index in [0.29, 0.717) is 66.0 Å².